The maximum absolute atomic E-state index is 11.9. The second kappa shape index (κ2) is 6.65. The van der Waals surface area contributed by atoms with Gasteiger partial charge in [-0.2, -0.15) is 10.1 Å². The Balaban J connectivity index is 1.98. The fourth-order valence-corrected chi connectivity index (χ4v) is 2.34. The predicted molar refractivity (Wildman–Crippen MR) is 81.0 cm³/mol. The first kappa shape index (κ1) is 15.4. The minimum Gasteiger partial charge on any atom is -0.356 e. The van der Waals surface area contributed by atoms with Crippen LogP contribution in [0.2, 0.25) is 0 Å². The van der Waals surface area contributed by atoms with Gasteiger partial charge in [-0.1, -0.05) is 13.8 Å². The lowest BCUT2D eigenvalue weighted by atomic mass is 10.1. The smallest absolute Gasteiger partial charge is 0.252 e. The number of carbonyl (C=O) groups is 1. The molecule has 0 aromatic carbocycles. The Bertz CT molecular complexity index is 632. The van der Waals surface area contributed by atoms with Crippen molar-refractivity contribution in [2.45, 2.75) is 47.0 Å². The summed E-state index contributed by atoms with van der Waals surface area (Å²) in [6, 6.07) is 0. The highest BCUT2D eigenvalue weighted by molar-refractivity contribution is 5.76. The first-order valence-corrected chi connectivity index (χ1v) is 7.41. The second-order valence-electron chi connectivity index (χ2n) is 5.77. The Morgan fingerprint density at radius 2 is 2.14 bits per heavy atom. The van der Waals surface area contributed by atoms with Crippen LogP contribution in [-0.2, 0) is 11.2 Å². The van der Waals surface area contributed by atoms with Gasteiger partial charge in [0.2, 0.25) is 5.91 Å². The van der Waals surface area contributed by atoms with Gasteiger partial charge in [-0.05, 0) is 38.2 Å². The average Bonchev–Trinajstić information content (AvgIpc) is 2.86. The molecule has 2 aromatic heterocycles. The Labute approximate surface area is 125 Å². The van der Waals surface area contributed by atoms with Crippen molar-refractivity contribution in [3.63, 3.8) is 0 Å². The van der Waals surface area contributed by atoms with E-state index in [1.165, 1.54) is 6.33 Å². The van der Waals surface area contributed by atoms with Crippen LogP contribution in [0.5, 0.6) is 0 Å². The van der Waals surface area contributed by atoms with Gasteiger partial charge < -0.3 is 5.32 Å². The fourth-order valence-electron chi connectivity index (χ4n) is 2.34. The van der Waals surface area contributed by atoms with Gasteiger partial charge >= 0.3 is 0 Å². The quantitative estimate of drug-likeness (QED) is 0.880. The van der Waals surface area contributed by atoms with E-state index in [2.05, 4.69) is 34.2 Å². The number of fused-ring (bicyclic) bond motifs is 1. The van der Waals surface area contributed by atoms with Gasteiger partial charge in [0.05, 0.1) is 0 Å². The second-order valence-corrected chi connectivity index (χ2v) is 5.77. The van der Waals surface area contributed by atoms with E-state index in [1.54, 1.807) is 4.52 Å². The highest BCUT2D eigenvalue weighted by atomic mass is 16.1. The molecule has 0 spiro atoms. The summed E-state index contributed by atoms with van der Waals surface area (Å²) in [5.74, 6) is 1.30. The van der Waals surface area contributed by atoms with Crippen molar-refractivity contribution in [3.05, 3.63) is 23.3 Å². The van der Waals surface area contributed by atoms with Gasteiger partial charge in [0.25, 0.3) is 5.78 Å². The van der Waals surface area contributed by atoms with E-state index in [9.17, 15) is 4.79 Å². The molecule has 0 bridgehead atoms. The fraction of sp³-hybridized carbons (Fsp3) is 0.600. The summed E-state index contributed by atoms with van der Waals surface area (Å²) in [4.78, 5) is 20.4. The van der Waals surface area contributed by atoms with E-state index < -0.39 is 0 Å². The lowest BCUT2D eigenvalue weighted by Crippen LogP contribution is -2.25. The topological polar surface area (TPSA) is 72.2 Å². The molecule has 0 fully saturated rings. The van der Waals surface area contributed by atoms with E-state index in [1.807, 2.05) is 13.8 Å². The third kappa shape index (κ3) is 3.77. The molecule has 0 unspecified atom stereocenters. The number of carbonyl (C=O) groups excluding carboxylic acids is 1. The first-order chi connectivity index (χ1) is 9.99. The molecule has 21 heavy (non-hydrogen) atoms. The number of rotatable bonds is 6. The highest BCUT2D eigenvalue weighted by Crippen LogP contribution is 2.14. The third-order valence-electron chi connectivity index (χ3n) is 3.63. The molecule has 0 aliphatic heterocycles. The van der Waals surface area contributed by atoms with Crippen molar-refractivity contribution < 1.29 is 4.79 Å². The number of hydrogen-bond acceptors (Lipinski definition) is 4. The zero-order valence-electron chi connectivity index (χ0n) is 13.2. The molecule has 0 aliphatic carbocycles. The number of aromatic nitrogens is 4. The van der Waals surface area contributed by atoms with Crippen LogP contribution in [0.3, 0.4) is 0 Å². The van der Waals surface area contributed by atoms with Crippen LogP contribution in [0.4, 0.5) is 0 Å². The summed E-state index contributed by atoms with van der Waals surface area (Å²) in [6.45, 7) is 8.99. The van der Waals surface area contributed by atoms with E-state index in [0.29, 0.717) is 24.5 Å². The summed E-state index contributed by atoms with van der Waals surface area (Å²) >= 11 is 0. The SMILES string of the molecule is Cc1nc2ncnn2c(C)c1CCC(=O)NCCC(C)C. The Kier molecular flexibility index (Phi) is 4.88. The molecule has 1 amide bonds. The zero-order chi connectivity index (χ0) is 15.4. The molecule has 0 radical (unpaired) electrons. The first-order valence-electron chi connectivity index (χ1n) is 7.41. The lowest BCUT2D eigenvalue weighted by molar-refractivity contribution is -0.121. The molecule has 0 saturated heterocycles. The maximum Gasteiger partial charge on any atom is 0.252 e. The van der Waals surface area contributed by atoms with Crippen LogP contribution in [0.15, 0.2) is 6.33 Å². The predicted octanol–water partition coefficient (Wildman–Crippen LogP) is 1.84. The van der Waals surface area contributed by atoms with Crippen molar-refractivity contribution >= 4 is 11.7 Å². The summed E-state index contributed by atoms with van der Waals surface area (Å²) < 4.78 is 1.72. The van der Waals surface area contributed by atoms with Crippen molar-refractivity contribution in [3.8, 4) is 0 Å². The van der Waals surface area contributed by atoms with Gasteiger partial charge in [0, 0.05) is 24.4 Å². The molecule has 6 heteroatoms. The van der Waals surface area contributed by atoms with E-state index >= 15 is 0 Å². The Hall–Kier alpha value is -1.98. The van der Waals surface area contributed by atoms with Gasteiger partial charge in [-0.25, -0.2) is 9.50 Å². The summed E-state index contributed by atoms with van der Waals surface area (Å²) in [7, 11) is 0. The van der Waals surface area contributed by atoms with Crippen molar-refractivity contribution in [1.82, 2.24) is 24.9 Å². The zero-order valence-corrected chi connectivity index (χ0v) is 13.2. The van der Waals surface area contributed by atoms with Gasteiger partial charge in [-0.3, -0.25) is 4.79 Å². The molecule has 2 aromatic rings. The van der Waals surface area contributed by atoms with Crippen LogP contribution < -0.4 is 5.32 Å². The molecule has 2 rings (SSSR count). The van der Waals surface area contributed by atoms with E-state index in [4.69, 9.17) is 0 Å². The van der Waals surface area contributed by atoms with Crippen LogP contribution in [-0.4, -0.2) is 32.0 Å². The van der Waals surface area contributed by atoms with Gasteiger partial charge in [0.1, 0.15) is 6.33 Å². The highest BCUT2D eigenvalue weighted by Gasteiger charge is 2.12. The number of amides is 1. The van der Waals surface area contributed by atoms with Gasteiger partial charge in [-0.15, -0.1) is 0 Å². The summed E-state index contributed by atoms with van der Waals surface area (Å²) in [5.41, 5.74) is 3.00. The molecule has 1 N–H and O–H groups in total. The van der Waals surface area contributed by atoms with Crippen molar-refractivity contribution in [1.29, 1.82) is 0 Å². The molecule has 114 valence electrons. The summed E-state index contributed by atoms with van der Waals surface area (Å²) in [6.07, 6.45) is 3.66. The number of nitrogens with zero attached hydrogens (tertiary/aromatic N) is 4. The maximum atomic E-state index is 11.9. The third-order valence-corrected chi connectivity index (χ3v) is 3.63. The minimum atomic E-state index is 0.0909. The monoisotopic (exact) mass is 289 g/mol. The molecular formula is C15H23N5O. The van der Waals surface area contributed by atoms with E-state index in [0.717, 1.165) is 29.9 Å². The normalized spacial score (nSPS) is 11.3. The largest absolute Gasteiger partial charge is 0.356 e. The minimum absolute atomic E-state index is 0.0909. The van der Waals surface area contributed by atoms with Crippen LogP contribution in [0.25, 0.3) is 5.78 Å². The van der Waals surface area contributed by atoms with E-state index in [-0.39, 0.29) is 5.91 Å². The standard InChI is InChI=1S/C15H23N5O/c1-10(2)7-8-16-14(21)6-5-13-11(3)19-15-17-9-18-20(15)12(13)4/h9-10H,5-8H2,1-4H3,(H,16,21). The van der Waals surface area contributed by atoms with Gasteiger partial charge in [0.15, 0.2) is 0 Å². The van der Waals surface area contributed by atoms with Crippen molar-refractivity contribution in [2.75, 3.05) is 6.54 Å². The number of hydrogen-bond donors (Lipinski definition) is 1. The lowest BCUT2D eigenvalue weighted by Gasteiger charge is -2.11. The van der Waals surface area contributed by atoms with Crippen LogP contribution >= 0.6 is 0 Å². The average molecular weight is 289 g/mol. The van der Waals surface area contributed by atoms with Crippen LogP contribution in [0.1, 0.15) is 43.6 Å². The van der Waals surface area contributed by atoms with Crippen LogP contribution in [0, 0.1) is 19.8 Å². The Morgan fingerprint density at radius 1 is 1.38 bits per heavy atom. The molecule has 2 heterocycles. The summed E-state index contributed by atoms with van der Waals surface area (Å²) in [5, 5.41) is 7.12. The number of nitrogens with one attached hydrogen (secondary N) is 1. The number of aryl methyl sites for hydroxylation is 2. The molecule has 0 aliphatic rings. The molecule has 0 saturated carbocycles. The molecule has 0 atom stereocenters. The molecular weight excluding hydrogens is 266 g/mol. The van der Waals surface area contributed by atoms with Crippen molar-refractivity contribution in [2.24, 2.45) is 5.92 Å². The molecule has 6 nitrogen and oxygen atoms in total. The Morgan fingerprint density at radius 3 is 2.86 bits per heavy atom.